The fourth-order valence-electron chi connectivity index (χ4n) is 2.66. The van der Waals surface area contributed by atoms with Gasteiger partial charge in [-0.2, -0.15) is 0 Å². The van der Waals surface area contributed by atoms with E-state index in [-0.39, 0.29) is 58.7 Å². The third kappa shape index (κ3) is 25.0. The Hall–Kier alpha value is -2.14. The number of carbonyl (C=O) groups is 2. The molecule has 16 heteroatoms. The van der Waals surface area contributed by atoms with Gasteiger partial charge in [0.25, 0.3) is 0 Å². The predicted octanol–water partition coefficient (Wildman–Crippen LogP) is 3.53. The normalized spacial score (nSPS) is 12.5. The van der Waals surface area contributed by atoms with E-state index in [0.717, 1.165) is 6.08 Å². The summed E-state index contributed by atoms with van der Waals surface area (Å²) >= 11 is 0.865. The molecule has 1 atom stereocenters. The molecule has 0 spiro atoms. The molecule has 2 amide bonds. The van der Waals surface area contributed by atoms with Crippen molar-refractivity contribution in [3.05, 3.63) is 84.5 Å². The van der Waals surface area contributed by atoms with E-state index in [0.29, 0.717) is 4.90 Å². The van der Waals surface area contributed by atoms with Crippen LogP contribution in [0.2, 0.25) is 0 Å². The van der Waals surface area contributed by atoms with Crippen LogP contribution >= 0.6 is 15.9 Å². The number of alkyl halides is 1. The van der Waals surface area contributed by atoms with Gasteiger partial charge in [0.15, 0.2) is 9.84 Å². The van der Waals surface area contributed by atoms with Gasteiger partial charge < -0.3 is 24.7 Å². The van der Waals surface area contributed by atoms with Gasteiger partial charge in [-0.25, -0.2) is 26.8 Å². The smallest absolute Gasteiger partial charge is 0.768 e. The molecule has 2 rings (SSSR count). The molecule has 0 heterocycles. The van der Waals surface area contributed by atoms with E-state index in [4.69, 9.17) is 9.47 Å². The van der Waals surface area contributed by atoms with Crippen LogP contribution in [0.15, 0.2) is 94.3 Å². The summed E-state index contributed by atoms with van der Waals surface area (Å²) in [5.41, 5.74) is -1.18. The molecule has 252 valence electrons. The summed E-state index contributed by atoms with van der Waals surface area (Å²) in [6.45, 7) is 10.4. The largest absolute Gasteiger partial charge is 1.00 e. The first-order valence-corrected chi connectivity index (χ1v) is 17.2. The quantitative estimate of drug-likeness (QED) is 0.224. The molecule has 0 bridgehead atoms. The Morgan fingerprint density at radius 3 is 1.57 bits per heavy atom. The molecule has 0 radical (unpaired) electrons. The number of halogens is 3. The predicted molar refractivity (Wildman–Crippen MR) is 173 cm³/mol. The van der Waals surface area contributed by atoms with Crippen LogP contribution < -0.4 is 40.2 Å². The first kappa shape index (κ1) is 46.0. The van der Waals surface area contributed by atoms with Crippen molar-refractivity contribution in [2.45, 2.75) is 62.5 Å². The molecule has 0 fully saturated rings. The van der Waals surface area contributed by atoms with Crippen LogP contribution in [-0.4, -0.2) is 64.7 Å². The van der Waals surface area contributed by atoms with E-state index < -0.39 is 55.9 Å². The number of allylic oxidation sites excluding steroid dienone is 1. The Labute approximate surface area is 303 Å². The first-order valence-electron chi connectivity index (χ1n) is 13.4. The molecular formula is C30H40BrF2N2NaO8S2. The van der Waals surface area contributed by atoms with Gasteiger partial charge in [0.05, 0.1) is 10.2 Å². The topological polar surface area (TPSA) is 151 Å². The summed E-state index contributed by atoms with van der Waals surface area (Å²) in [5.74, 6) is -1.89. The first-order chi connectivity index (χ1) is 20.8. The summed E-state index contributed by atoms with van der Waals surface area (Å²) in [6, 6.07) is 15.9. The Morgan fingerprint density at radius 1 is 0.826 bits per heavy atom. The van der Waals surface area contributed by atoms with Gasteiger partial charge in [-0.15, -0.1) is 0 Å². The molecule has 46 heavy (non-hydrogen) atoms. The molecule has 2 N–H and O–H groups in total. The van der Waals surface area contributed by atoms with Crippen molar-refractivity contribution in [3.63, 3.8) is 0 Å². The zero-order chi connectivity index (χ0) is 34.7. The van der Waals surface area contributed by atoms with Gasteiger partial charge in [0, 0.05) is 18.0 Å². The molecular weight excluding hydrogens is 721 g/mol. The second-order valence-electron chi connectivity index (χ2n) is 10.8. The maximum atomic E-state index is 13.7. The van der Waals surface area contributed by atoms with Crippen LogP contribution in [0.5, 0.6) is 0 Å². The average Bonchev–Trinajstić information content (AvgIpc) is 2.92. The average molecular weight is 762 g/mol. The van der Waals surface area contributed by atoms with Crippen molar-refractivity contribution < 1.29 is 74.6 Å². The molecule has 0 saturated carbocycles. The minimum atomic E-state index is -3.73. The molecule has 0 saturated heterocycles. The van der Waals surface area contributed by atoms with E-state index in [1.165, 1.54) is 18.2 Å². The number of amides is 2. The SMILES string of the molecule is CC(C)(C)OC(=O)NC/C=C(\F)CBr.CC(C)(C)OC(=O)NC/C=C(\F)CS(=O)(=O)c1ccccc1.O=S([O-])c1ccccc1.[Na+]. The number of benzene rings is 2. The van der Waals surface area contributed by atoms with Crippen LogP contribution in [0.25, 0.3) is 0 Å². The molecule has 2 aromatic carbocycles. The van der Waals surface area contributed by atoms with Crippen molar-refractivity contribution in [2.24, 2.45) is 0 Å². The maximum absolute atomic E-state index is 13.7. The molecule has 0 aliphatic rings. The van der Waals surface area contributed by atoms with Gasteiger partial charge in [0.2, 0.25) is 0 Å². The Bertz CT molecular complexity index is 1390. The van der Waals surface area contributed by atoms with Gasteiger partial charge >= 0.3 is 41.7 Å². The second-order valence-corrected chi connectivity index (χ2v) is 14.3. The molecule has 2 aromatic rings. The van der Waals surface area contributed by atoms with E-state index in [2.05, 4.69) is 26.6 Å². The van der Waals surface area contributed by atoms with E-state index in [9.17, 15) is 35.5 Å². The minimum absolute atomic E-state index is 0. The van der Waals surface area contributed by atoms with Crippen molar-refractivity contribution >= 4 is 49.0 Å². The van der Waals surface area contributed by atoms with Gasteiger partial charge in [-0.05, 0) is 89.0 Å². The van der Waals surface area contributed by atoms with Crippen LogP contribution in [0.3, 0.4) is 0 Å². The monoisotopic (exact) mass is 760 g/mol. The number of nitrogens with one attached hydrogen (secondary N) is 2. The van der Waals surface area contributed by atoms with Crippen LogP contribution in [0.1, 0.15) is 41.5 Å². The number of hydrogen-bond donors (Lipinski definition) is 2. The van der Waals surface area contributed by atoms with Gasteiger partial charge in [-0.1, -0.05) is 52.3 Å². The number of hydrogen-bond acceptors (Lipinski definition) is 8. The number of alkyl carbamates (subject to hydrolysis) is 2. The summed E-state index contributed by atoms with van der Waals surface area (Å²) in [7, 11) is -3.73. The van der Waals surface area contributed by atoms with Crippen molar-refractivity contribution in [2.75, 3.05) is 24.2 Å². The van der Waals surface area contributed by atoms with E-state index in [1.54, 1.807) is 90.1 Å². The Balaban J connectivity index is 0. The third-order valence-corrected chi connectivity index (χ3v) is 7.27. The zero-order valence-electron chi connectivity index (χ0n) is 27.0. The minimum Gasteiger partial charge on any atom is -0.768 e. The fourth-order valence-corrected chi connectivity index (χ4v) is 4.48. The number of sulfone groups is 1. The van der Waals surface area contributed by atoms with E-state index in [1.807, 2.05) is 0 Å². The summed E-state index contributed by atoms with van der Waals surface area (Å²) in [4.78, 5) is 22.8. The third-order valence-electron chi connectivity index (χ3n) is 4.43. The standard InChI is InChI=1S/C15H20FNO4S.C9H15BrFNO2.C6H6O2S.Na/c1-15(2,3)21-14(18)17-10-9-12(16)11-22(19,20)13-7-5-4-6-8-13;1-9(2,3)14-8(13)12-5-4-7(11)6-10;7-9(8)6-4-2-1-3-5-6;/h4-9H,10-11H2,1-3H3,(H,17,18);4H,5-6H2,1-3H3,(H,12,13);1-5H,(H,7,8);/q;;;+1/p-1/b12-9-;7-4-;;. The maximum Gasteiger partial charge on any atom is 1.00 e. The summed E-state index contributed by atoms with van der Waals surface area (Å²) < 4.78 is 80.4. The summed E-state index contributed by atoms with van der Waals surface area (Å²) in [6.07, 6.45) is 1.04. The van der Waals surface area contributed by atoms with Crippen LogP contribution in [0.4, 0.5) is 18.4 Å². The van der Waals surface area contributed by atoms with Crippen molar-refractivity contribution in [1.29, 1.82) is 0 Å². The number of ether oxygens (including phenoxy) is 2. The van der Waals surface area contributed by atoms with Gasteiger partial charge in [-0.3, -0.25) is 4.21 Å². The van der Waals surface area contributed by atoms with Crippen molar-refractivity contribution in [1.82, 2.24) is 10.6 Å². The molecule has 1 unspecified atom stereocenters. The second kappa shape index (κ2) is 23.2. The summed E-state index contributed by atoms with van der Waals surface area (Å²) in [5, 5.41) is 4.89. The number of rotatable bonds is 9. The van der Waals surface area contributed by atoms with E-state index >= 15 is 0 Å². The molecule has 0 aliphatic heterocycles. The molecule has 0 aromatic heterocycles. The Kier molecular flexibility index (Phi) is 23.2. The zero-order valence-corrected chi connectivity index (χ0v) is 32.2. The van der Waals surface area contributed by atoms with Crippen LogP contribution in [-0.2, 0) is 30.4 Å². The molecule has 10 nitrogen and oxygen atoms in total. The Morgan fingerprint density at radius 2 is 1.22 bits per heavy atom. The molecule has 0 aliphatic carbocycles. The fraction of sp³-hybridized carbons (Fsp3) is 0.400. The van der Waals surface area contributed by atoms with Crippen LogP contribution in [0, 0.1) is 0 Å². The number of carbonyl (C=O) groups excluding carboxylic acids is 2. The van der Waals surface area contributed by atoms with Gasteiger partial charge in [0.1, 0.15) is 28.6 Å². The van der Waals surface area contributed by atoms with Crippen molar-refractivity contribution in [3.8, 4) is 0 Å².